The summed E-state index contributed by atoms with van der Waals surface area (Å²) in [4.78, 5) is 14.0. The highest BCUT2D eigenvalue weighted by Gasteiger charge is 2.11. The predicted octanol–water partition coefficient (Wildman–Crippen LogP) is 3.22. The molecule has 3 nitrogen and oxygen atoms in total. The average Bonchev–Trinajstić information content (AvgIpc) is 2.81. The van der Waals surface area contributed by atoms with Crippen LogP contribution in [0.25, 0.3) is 0 Å². The Hall–Kier alpha value is -1.72. The van der Waals surface area contributed by atoms with Crippen LogP contribution in [-0.4, -0.2) is 23.0 Å². The fraction of sp³-hybridized carbons (Fsp3) is 0.214. The number of carbonyl (C=O) groups is 1. The zero-order valence-electron chi connectivity index (χ0n) is 10.5. The zero-order valence-corrected chi connectivity index (χ0v) is 11.3. The van der Waals surface area contributed by atoms with Gasteiger partial charge < -0.3 is 5.11 Å². The maximum absolute atomic E-state index is 13.5. The molecule has 0 bridgehead atoms. The second-order valence-electron chi connectivity index (χ2n) is 4.37. The summed E-state index contributed by atoms with van der Waals surface area (Å²) in [7, 11) is 1.95. The highest BCUT2D eigenvalue weighted by atomic mass is 32.1. The van der Waals surface area contributed by atoms with Gasteiger partial charge in [0.2, 0.25) is 0 Å². The number of carboxylic acids is 1. The van der Waals surface area contributed by atoms with E-state index in [2.05, 4.69) is 11.0 Å². The second-order valence-corrected chi connectivity index (χ2v) is 5.40. The first-order valence-electron chi connectivity index (χ1n) is 5.79. The van der Waals surface area contributed by atoms with Crippen molar-refractivity contribution in [2.45, 2.75) is 13.1 Å². The molecule has 1 heterocycles. The van der Waals surface area contributed by atoms with Crippen molar-refractivity contribution in [1.82, 2.24) is 4.90 Å². The molecule has 0 atom stereocenters. The summed E-state index contributed by atoms with van der Waals surface area (Å²) in [6, 6.07) is 8.29. The number of thiophene rings is 1. The van der Waals surface area contributed by atoms with Crippen molar-refractivity contribution >= 4 is 17.3 Å². The van der Waals surface area contributed by atoms with E-state index in [9.17, 15) is 9.18 Å². The molecule has 0 saturated carbocycles. The molecule has 1 aromatic heterocycles. The first-order chi connectivity index (χ1) is 9.06. The van der Waals surface area contributed by atoms with E-state index >= 15 is 0 Å². The molecule has 100 valence electrons. The third-order valence-corrected chi connectivity index (χ3v) is 3.58. The second kappa shape index (κ2) is 5.95. The van der Waals surface area contributed by atoms with Crippen LogP contribution in [0.3, 0.4) is 0 Å². The molecule has 2 aromatic rings. The van der Waals surface area contributed by atoms with Crippen LogP contribution in [0.15, 0.2) is 35.7 Å². The molecule has 0 aliphatic carbocycles. The number of benzene rings is 1. The van der Waals surface area contributed by atoms with Crippen molar-refractivity contribution in [3.05, 3.63) is 57.5 Å². The van der Waals surface area contributed by atoms with Crippen LogP contribution in [0.4, 0.5) is 4.39 Å². The molecule has 0 spiro atoms. The quantitative estimate of drug-likeness (QED) is 0.913. The molecule has 0 aliphatic heterocycles. The van der Waals surface area contributed by atoms with Crippen molar-refractivity contribution in [2.75, 3.05) is 7.05 Å². The molecule has 5 heteroatoms. The van der Waals surface area contributed by atoms with Crippen molar-refractivity contribution in [1.29, 1.82) is 0 Å². The van der Waals surface area contributed by atoms with Gasteiger partial charge in [-0.2, -0.15) is 0 Å². The number of halogens is 1. The maximum atomic E-state index is 13.5. The number of hydrogen-bond acceptors (Lipinski definition) is 3. The molecule has 0 fully saturated rings. The van der Waals surface area contributed by atoms with Crippen LogP contribution >= 0.6 is 11.3 Å². The van der Waals surface area contributed by atoms with Gasteiger partial charge in [0.25, 0.3) is 0 Å². The zero-order chi connectivity index (χ0) is 13.8. The summed E-state index contributed by atoms with van der Waals surface area (Å²) < 4.78 is 13.5. The van der Waals surface area contributed by atoms with Gasteiger partial charge in [0.05, 0.1) is 5.56 Å². The van der Waals surface area contributed by atoms with E-state index < -0.39 is 11.8 Å². The Bertz CT molecular complexity index is 569. The summed E-state index contributed by atoms with van der Waals surface area (Å²) in [6.07, 6.45) is 0. The van der Waals surface area contributed by atoms with Gasteiger partial charge in [-0.05, 0) is 36.2 Å². The van der Waals surface area contributed by atoms with Gasteiger partial charge in [-0.15, -0.1) is 11.3 Å². The normalized spacial score (nSPS) is 10.9. The smallest absolute Gasteiger partial charge is 0.338 e. The van der Waals surface area contributed by atoms with Crippen LogP contribution in [0.5, 0.6) is 0 Å². The van der Waals surface area contributed by atoms with E-state index in [4.69, 9.17) is 5.11 Å². The number of hydrogen-bond donors (Lipinski definition) is 1. The van der Waals surface area contributed by atoms with Crippen molar-refractivity contribution < 1.29 is 14.3 Å². The predicted molar refractivity (Wildman–Crippen MR) is 72.8 cm³/mol. The lowest BCUT2D eigenvalue weighted by Gasteiger charge is -2.15. The van der Waals surface area contributed by atoms with E-state index in [1.165, 1.54) is 17.0 Å². The third-order valence-electron chi connectivity index (χ3n) is 2.72. The van der Waals surface area contributed by atoms with Gasteiger partial charge in [-0.1, -0.05) is 12.1 Å². The summed E-state index contributed by atoms with van der Waals surface area (Å²) in [5.41, 5.74) is 0.478. The Morgan fingerprint density at radius 3 is 2.74 bits per heavy atom. The van der Waals surface area contributed by atoms with E-state index in [1.807, 2.05) is 18.5 Å². The van der Waals surface area contributed by atoms with Crippen molar-refractivity contribution in [2.24, 2.45) is 0 Å². The highest BCUT2D eigenvalue weighted by molar-refractivity contribution is 7.09. The Morgan fingerprint density at radius 2 is 2.16 bits per heavy atom. The number of nitrogens with zero attached hydrogens (tertiary/aromatic N) is 1. The van der Waals surface area contributed by atoms with Gasteiger partial charge >= 0.3 is 5.97 Å². The minimum atomic E-state index is -1.24. The first-order valence-corrected chi connectivity index (χ1v) is 6.67. The van der Waals surface area contributed by atoms with Gasteiger partial charge in [0.1, 0.15) is 5.82 Å². The largest absolute Gasteiger partial charge is 0.478 e. The highest BCUT2D eigenvalue weighted by Crippen LogP contribution is 2.15. The average molecular weight is 279 g/mol. The molecule has 0 aliphatic rings. The topological polar surface area (TPSA) is 40.5 Å². The molecule has 0 unspecified atom stereocenters. The lowest BCUT2D eigenvalue weighted by Crippen LogP contribution is -2.16. The molecule has 19 heavy (non-hydrogen) atoms. The van der Waals surface area contributed by atoms with Crippen LogP contribution < -0.4 is 0 Å². The van der Waals surface area contributed by atoms with Crippen molar-refractivity contribution in [3.63, 3.8) is 0 Å². The van der Waals surface area contributed by atoms with Gasteiger partial charge in [0, 0.05) is 18.0 Å². The standard InChI is InChI=1S/C14H14FNO2S/c1-16(9-11-3-2-6-19-11)8-10-4-5-12(14(17)18)13(15)7-10/h2-7H,8-9H2,1H3,(H,17,18). The number of aromatic carboxylic acids is 1. The fourth-order valence-electron chi connectivity index (χ4n) is 1.87. The Balaban J connectivity index is 2.03. The molecular weight excluding hydrogens is 265 g/mol. The molecule has 1 N–H and O–H groups in total. The third kappa shape index (κ3) is 3.62. The summed E-state index contributed by atoms with van der Waals surface area (Å²) in [5.74, 6) is -1.93. The van der Waals surface area contributed by atoms with Crippen LogP contribution in [-0.2, 0) is 13.1 Å². The minimum absolute atomic E-state index is 0.287. The fourth-order valence-corrected chi connectivity index (χ4v) is 2.65. The summed E-state index contributed by atoms with van der Waals surface area (Å²) >= 11 is 1.68. The maximum Gasteiger partial charge on any atom is 0.338 e. The Morgan fingerprint density at radius 1 is 1.37 bits per heavy atom. The van der Waals surface area contributed by atoms with Crippen LogP contribution in [0.1, 0.15) is 20.8 Å². The van der Waals surface area contributed by atoms with Crippen LogP contribution in [0.2, 0.25) is 0 Å². The van der Waals surface area contributed by atoms with E-state index in [-0.39, 0.29) is 5.56 Å². The first kappa shape index (κ1) is 13.7. The van der Waals surface area contributed by atoms with E-state index in [1.54, 1.807) is 17.4 Å². The van der Waals surface area contributed by atoms with Gasteiger partial charge in [0.15, 0.2) is 0 Å². The van der Waals surface area contributed by atoms with E-state index in [0.29, 0.717) is 6.54 Å². The Kier molecular flexibility index (Phi) is 4.29. The SMILES string of the molecule is CN(Cc1ccc(C(=O)O)c(F)c1)Cc1cccs1. The van der Waals surface area contributed by atoms with Crippen molar-refractivity contribution in [3.8, 4) is 0 Å². The molecule has 1 aromatic carbocycles. The Labute approximate surface area is 114 Å². The molecule has 2 rings (SSSR count). The molecule has 0 radical (unpaired) electrons. The van der Waals surface area contributed by atoms with Gasteiger partial charge in [-0.25, -0.2) is 9.18 Å². The lowest BCUT2D eigenvalue weighted by molar-refractivity contribution is 0.0692. The summed E-state index contributed by atoms with van der Waals surface area (Å²) in [6.45, 7) is 1.37. The number of carboxylic acid groups (broad SMARTS) is 1. The van der Waals surface area contributed by atoms with Gasteiger partial charge in [-0.3, -0.25) is 4.90 Å². The lowest BCUT2D eigenvalue weighted by atomic mass is 10.1. The monoisotopic (exact) mass is 279 g/mol. The summed E-state index contributed by atoms with van der Waals surface area (Å²) in [5, 5.41) is 10.8. The molecule has 0 saturated heterocycles. The molecular formula is C14H14FNO2S. The molecule has 0 amide bonds. The number of rotatable bonds is 5. The van der Waals surface area contributed by atoms with E-state index in [0.717, 1.165) is 12.1 Å². The van der Waals surface area contributed by atoms with Crippen LogP contribution in [0, 0.1) is 5.82 Å². The minimum Gasteiger partial charge on any atom is -0.478 e.